The van der Waals surface area contributed by atoms with Crippen molar-refractivity contribution in [3.8, 4) is 5.75 Å². The molecule has 0 unspecified atom stereocenters. The zero-order chi connectivity index (χ0) is 16.2. The summed E-state index contributed by atoms with van der Waals surface area (Å²) in [7, 11) is 0. The Bertz CT molecular complexity index is 598. The zero-order valence-corrected chi connectivity index (χ0v) is 13.6. The standard InChI is InChI=1S/C17H20ClNO4/c18-13-5-6-15-11(8-13)7-12(9-22-15)17(21)23-10-16(20)19-14-3-1-2-4-14/h5-6,8,12,14H,1-4,7,9-10H2,(H,19,20)/t12-/m0/s1. The second kappa shape index (κ2) is 7.21. The van der Waals surface area contributed by atoms with Gasteiger partial charge in [-0.3, -0.25) is 9.59 Å². The highest BCUT2D eigenvalue weighted by molar-refractivity contribution is 6.30. The van der Waals surface area contributed by atoms with E-state index in [1.165, 1.54) is 0 Å². The van der Waals surface area contributed by atoms with Crippen molar-refractivity contribution in [2.75, 3.05) is 13.2 Å². The second-order valence-electron chi connectivity index (χ2n) is 6.12. The van der Waals surface area contributed by atoms with Crippen LogP contribution in [-0.2, 0) is 20.7 Å². The molecule has 1 aromatic rings. The summed E-state index contributed by atoms with van der Waals surface area (Å²) >= 11 is 5.96. The second-order valence-corrected chi connectivity index (χ2v) is 6.56. The number of halogens is 1. The van der Waals surface area contributed by atoms with Crippen molar-refractivity contribution in [2.24, 2.45) is 5.92 Å². The maximum Gasteiger partial charge on any atom is 0.313 e. The van der Waals surface area contributed by atoms with Crippen molar-refractivity contribution < 1.29 is 19.1 Å². The first-order valence-corrected chi connectivity index (χ1v) is 8.37. The summed E-state index contributed by atoms with van der Waals surface area (Å²) in [5.41, 5.74) is 0.890. The van der Waals surface area contributed by atoms with E-state index in [9.17, 15) is 9.59 Å². The van der Waals surface area contributed by atoms with Gasteiger partial charge in [0.05, 0.1) is 5.92 Å². The van der Waals surface area contributed by atoms with E-state index in [0.29, 0.717) is 11.4 Å². The number of carbonyl (C=O) groups excluding carboxylic acids is 2. The number of carbonyl (C=O) groups is 2. The summed E-state index contributed by atoms with van der Waals surface area (Å²) < 4.78 is 10.7. The van der Waals surface area contributed by atoms with Crippen molar-refractivity contribution in [1.29, 1.82) is 0 Å². The van der Waals surface area contributed by atoms with Gasteiger partial charge in [-0.1, -0.05) is 24.4 Å². The molecular formula is C17H20ClNO4. The molecule has 3 rings (SSSR count). The van der Waals surface area contributed by atoms with Crippen LogP contribution in [0.5, 0.6) is 5.75 Å². The van der Waals surface area contributed by atoms with Gasteiger partial charge in [0, 0.05) is 11.1 Å². The fourth-order valence-corrected chi connectivity index (χ4v) is 3.30. The van der Waals surface area contributed by atoms with E-state index in [1.807, 2.05) is 0 Å². The van der Waals surface area contributed by atoms with Crippen LogP contribution in [0.2, 0.25) is 5.02 Å². The molecule has 1 aliphatic carbocycles. The normalized spacial score (nSPS) is 20.5. The van der Waals surface area contributed by atoms with Crippen LogP contribution in [0.4, 0.5) is 0 Å². The van der Waals surface area contributed by atoms with Gasteiger partial charge in [-0.25, -0.2) is 0 Å². The van der Waals surface area contributed by atoms with Crippen molar-refractivity contribution in [2.45, 2.75) is 38.1 Å². The lowest BCUT2D eigenvalue weighted by Gasteiger charge is -2.24. The molecule has 1 fully saturated rings. The van der Waals surface area contributed by atoms with E-state index < -0.39 is 11.9 Å². The van der Waals surface area contributed by atoms with Crippen LogP contribution in [0.1, 0.15) is 31.2 Å². The molecule has 2 aliphatic rings. The number of fused-ring (bicyclic) bond motifs is 1. The number of benzene rings is 1. The molecule has 23 heavy (non-hydrogen) atoms. The number of esters is 1. The van der Waals surface area contributed by atoms with E-state index in [0.717, 1.165) is 37.0 Å². The average molecular weight is 338 g/mol. The summed E-state index contributed by atoms with van der Waals surface area (Å²) in [5, 5.41) is 3.50. The topological polar surface area (TPSA) is 64.6 Å². The molecule has 0 bridgehead atoms. The Balaban J connectivity index is 1.48. The van der Waals surface area contributed by atoms with Crippen LogP contribution in [0.25, 0.3) is 0 Å². The van der Waals surface area contributed by atoms with E-state index in [2.05, 4.69) is 5.32 Å². The molecule has 5 nitrogen and oxygen atoms in total. The highest BCUT2D eigenvalue weighted by Crippen LogP contribution is 2.30. The molecule has 1 amide bonds. The summed E-state index contributed by atoms with van der Waals surface area (Å²) in [4.78, 5) is 23.9. The fourth-order valence-electron chi connectivity index (χ4n) is 3.11. The SMILES string of the molecule is O=C(COC(=O)[C@@H]1COc2ccc(Cl)cc2C1)NC1CCCC1. The van der Waals surface area contributed by atoms with Crippen molar-refractivity contribution in [3.63, 3.8) is 0 Å². The van der Waals surface area contributed by atoms with Crippen LogP contribution >= 0.6 is 11.6 Å². The lowest BCUT2D eigenvalue weighted by Crippen LogP contribution is -2.37. The molecule has 1 N–H and O–H groups in total. The molecule has 1 atom stereocenters. The largest absolute Gasteiger partial charge is 0.492 e. The van der Waals surface area contributed by atoms with Gasteiger partial charge in [-0.15, -0.1) is 0 Å². The third kappa shape index (κ3) is 4.16. The molecule has 1 aliphatic heterocycles. The number of rotatable bonds is 4. The smallest absolute Gasteiger partial charge is 0.313 e. The number of hydrogen-bond acceptors (Lipinski definition) is 4. The first-order chi connectivity index (χ1) is 11.1. The van der Waals surface area contributed by atoms with Gasteiger partial charge in [-0.05, 0) is 43.0 Å². The summed E-state index contributed by atoms with van der Waals surface area (Å²) in [5.74, 6) is -0.291. The molecule has 124 valence electrons. The first-order valence-electron chi connectivity index (χ1n) is 7.99. The molecule has 0 aromatic heterocycles. The molecule has 1 aromatic carbocycles. The van der Waals surface area contributed by atoms with E-state index >= 15 is 0 Å². The predicted molar refractivity (Wildman–Crippen MR) is 85.5 cm³/mol. The maximum atomic E-state index is 12.1. The molecule has 6 heteroatoms. The lowest BCUT2D eigenvalue weighted by atomic mass is 9.97. The van der Waals surface area contributed by atoms with E-state index in [1.54, 1.807) is 18.2 Å². The molecule has 0 saturated heterocycles. The minimum absolute atomic E-state index is 0.228. The third-order valence-corrected chi connectivity index (χ3v) is 4.56. The Morgan fingerprint density at radius 3 is 2.87 bits per heavy atom. The number of nitrogens with one attached hydrogen (secondary N) is 1. The molecular weight excluding hydrogens is 318 g/mol. The average Bonchev–Trinajstić information content (AvgIpc) is 3.04. The number of ether oxygens (including phenoxy) is 2. The van der Waals surface area contributed by atoms with Gasteiger partial charge < -0.3 is 14.8 Å². The monoisotopic (exact) mass is 337 g/mol. The Morgan fingerprint density at radius 2 is 2.09 bits per heavy atom. The molecule has 0 radical (unpaired) electrons. The highest BCUT2D eigenvalue weighted by atomic mass is 35.5. The summed E-state index contributed by atoms with van der Waals surface area (Å²) in [6.07, 6.45) is 4.82. The number of hydrogen-bond donors (Lipinski definition) is 1. The van der Waals surface area contributed by atoms with Crippen LogP contribution in [0.15, 0.2) is 18.2 Å². The van der Waals surface area contributed by atoms with Gasteiger partial charge in [0.2, 0.25) is 0 Å². The van der Waals surface area contributed by atoms with Gasteiger partial charge in [0.15, 0.2) is 6.61 Å². The van der Waals surface area contributed by atoms with Crippen LogP contribution in [-0.4, -0.2) is 31.1 Å². The van der Waals surface area contributed by atoms with Gasteiger partial charge in [-0.2, -0.15) is 0 Å². The Morgan fingerprint density at radius 1 is 1.30 bits per heavy atom. The van der Waals surface area contributed by atoms with E-state index in [-0.39, 0.29) is 25.2 Å². The van der Waals surface area contributed by atoms with Crippen molar-refractivity contribution in [3.05, 3.63) is 28.8 Å². The Kier molecular flexibility index (Phi) is 5.06. The minimum Gasteiger partial charge on any atom is -0.492 e. The van der Waals surface area contributed by atoms with Gasteiger partial charge in [0.1, 0.15) is 12.4 Å². The Labute approximate surface area is 140 Å². The molecule has 1 heterocycles. The van der Waals surface area contributed by atoms with Crippen molar-refractivity contribution in [1.82, 2.24) is 5.32 Å². The Hall–Kier alpha value is -1.75. The third-order valence-electron chi connectivity index (χ3n) is 4.33. The van der Waals surface area contributed by atoms with Crippen LogP contribution in [0.3, 0.4) is 0 Å². The van der Waals surface area contributed by atoms with E-state index in [4.69, 9.17) is 21.1 Å². The molecule has 0 spiro atoms. The van der Waals surface area contributed by atoms with Gasteiger partial charge >= 0.3 is 5.97 Å². The van der Waals surface area contributed by atoms with Gasteiger partial charge in [0.25, 0.3) is 5.91 Å². The molecule has 1 saturated carbocycles. The minimum atomic E-state index is -0.405. The maximum absolute atomic E-state index is 12.1. The predicted octanol–water partition coefficient (Wildman–Crippen LogP) is 2.49. The fraction of sp³-hybridized carbons (Fsp3) is 0.529. The van der Waals surface area contributed by atoms with Crippen molar-refractivity contribution >= 4 is 23.5 Å². The zero-order valence-electron chi connectivity index (χ0n) is 12.8. The lowest BCUT2D eigenvalue weighted by molar-refractivity contribution is -0.154. The first kappa shape index (κ1) is 16.1. The number of amides is 1. The quantitative estimate of drug-likeness (QED) is 0.857. The van der Waals surface area contributed by atoms with Crippen LogP contribution in [0, 0.1) is 5.92 Å². The summed E-state index contributed by atoms with van der Waals surface area (Å²) in [6.45, 7) is 0.0337. The van der Waals surface area contributed by atoms with Crippen LogP contribution < -0.4 is 10.1 Å². The summed E-state index contributed by atoms with van der Waals surface area (Å²) in [6, 6.07) is 5.58. The highest BCUT2D eigenvalue weighted by Gasteiger charge is 2.28.